The zero-order valence-electron chi connectivity index (χ0n) is 11.5. The number of carbonyl (C=O) groups excluding carboxylic acids is 1. The molecular weight excluding hydrogens is 228 g/mol. The van der Waals surface area contributed by atoms with Gasteiger partial charge in [-0.05, 0) is 25.0 Å². The molecule has 1 aromatic carbocycles. The quantitative estimate of drug-likeness (QED) is 0.814. The average Bonchev–Trinajstić information content (AvgIpc) is 2.36. The summed E-state index contributed by atoms with van der Waals surface area (Å²) in [6.07, 6.45) is 0. The standard InChI is InChI=1S/C14H22N2O2/c1-10(2)11(3)15-9-14(17)16-12-6-5-7-13(8-12)18-4/h5-8,10-11,15H,9H2,1-4H3,(H,16,17). The molecule has 0 fully saturated rings. The van der Waals surface area contributed by atoms with E-state index in [1.54, 1.807) is 13.2 Å². The van der Waals surface area contributed by atoms with Crippen LogP contribution in [0.1, 0.15) is 20.8 Å². The van der Waals surface area contributed by atoms with Crippen LogP contribution >= 0.6 is 0 Å². The van der Waals surface area contributed by atoms with E-state index < -0.39 is 0 Å². The van der Waals surface area contributed by atoms with Gasteiger partial charge in [-0.1, -0.05) is 19.9 Å². The molecule has 1 atom stereocenters. The summed E-state index contributed by atoms with van der Waals surface area (Å²) in [7, 11) is 1.60. The van der Waals surface area contributed by atoms with Crippen LogP contribution < -0.4 is 15.4 Å². The molecular formula is C14H22N2O2. The van der Waals surface area contributed by atoms with Crippen LogP contribution in [0.2, 0.25) is 0 Å². The molecule has 0 radical (unpaired) electrons. The Kier molecular flexibility index (Phi) is 5.65. The predicted molar refractivity (Wildman–Crippen MR) is 73.9 cm³/mol. The molecule has 100 valence electrons. The second-order valence-electron chi connectivity index (χ2n) is 4.69. The molecule has 1 aromatic rings. The molecule has 0 heterocycles. The maximum absolute atomic E-state index is 11.7. The third-order valence-electron chi connectivity index (χ3n) is 2.94. The van der Waals surface area contributed by atoms with Crippen molar-refractivity contribution in [2.45, 2.75) is 26.8 Å². The topological polar surface area (TPSA) is 50.4 Å². The van der Waals surface area contributed by atoms with Gasteiger partial charge in [0.1, 0.15) is 5.75 Å². The highest BCUT2D eigenvalue weighted by Gasteiger charge is 2.09. The van der Waals surface area contributed by atoms with E-state index >= 15 is 0 Å². The van der Waals surface area contributed by atoms with E-state index in [9.17, 15) is 4.79 Å². The minimum Gasteiger partial charge on any atom is -0.497 e. The van der Waals surface area contributed by atoms with Gasteiger partial charge in [0.05, 0.1) is 13.7 Å². The molecule has 0 aliphatic carbocycles. The van der Waals surface area contributed by atoms with Crippen molar-refractivity contribution in [3.8, 4) is 5.75 Å². The Morgan fingerprint density at radius 1 is 1.33 bits per heavy atom. The summed E-state index contributed by atoms with van der Waals surface area (Å²) in [4.78, 5) is 11.7. The number of rotatable bonds is 6. The first-order chi connectivity index (χ1) is 8.52. The Morgan fingerprint density at radius 2 is 2.06 bits per heavy atom. The van der Waals surface area contributed by atoms with Crippen LogP contribution in [0.25, 0.3) is 0 Å². The first kappa shape index (κ1) is 14.5. The maximum Gasteiger partial charge on any atom is 0.238 e. The van der Waals surface area contributed by atoms with E-state index in [4.69, 9.17) is 4.74 Å². The molecule has 18 heavy (non-hydrogen) atoms. The first-order valence-electron chi connectivity index (χ1n) is 6.20. The average molecular weight is 250 g/mol. The monoisotopic (exact) mass is 250 g/mol. The number of amides is 1. The van der Waals surface area contributed by atoms with Crippen molar-refractivity contribution in [2.75, 3.05) is 19.0 Å². The number of anilines is 1. The number of ether oxygens (including phenoxy) is 1. The number of methoxy groups -OCH3 is 1. The van der Waals surface area contributed by atoms with Gasteiger partial charge in [-0.2, -0.15) is 0 Å². The molecule has 0 saturated carbocycles. The lowest BCUT2D eigenvalue weighted by atomic mass is 10.1. The summed E-state index contributed by atoms with van der Waals surface area (Å²) in [5, 5.41) is 6.02. The zero-order valence-corrected chi connectivity index (χ0v) is 11.5. The van der Waals surface area contributed by atoms with Crippen molar-refractivity contribution < 1.29 is 9.53 Å². The maximum atomic E-state index is 11.7. The highest BCUT2D eigenvalue weighted by molar-refractivity contribution is 5.92. The summed E-state index contributed by atoms with van der Waals surface area (Å²) in [6.45, 7) is 6.63. The normalized spacial score (nSPS) is 12.3. The molecule has 0 aliphatic rings. The third kappa shape index (κ3) is 4.75. The van der Waals surface area contributed by atoms with Gasteiger partial charge in [-0.15, -0.1) is 0 Å². The summed E-state index contributed by atoms with van der Waals surface area (Å²) in [5.41, 5.74) is 0.748. The van der Waals surface area contributed by atoms with Crippen LogP contribution in [0.15, 0.2) is 24.3 Å². The van der Waals surface area contributed by atoms with Crippen LogP contribution in [0.4, 0.5) is 5.69 Å². The van der Waals surface area contributed by atoms with Gasteiger partial charge in [-0.3, -0.25) is 4.79 Å². The molecule has 1 amide bonds. The van der Waals surface area contributed by atoms with E-state index in [0.29, 0.717) is 18.5 Å². The predicted octanol–water partition coefficient (Wildman–Crippen LogP) is 2.27. The lowest BCUT2D eigenvalue weighted by Crippen LogP contribution is -2.37. The molecule has 0 bridgehead atoms. The second-order valence-corrected chi connectivity index (χ2v) is 4.69. The van der Waals surface area contributed by atoms with Crippen LogP contribution in [0.3, 0.4) is 0 Å². The van der Waals surface area contributed by atoms with Crippen molar-refractivity contribution in [3.63, 3.8) is 0 Å². The lowest BCUT2D eigenvalue weighted by molar-refractivity contribution is -0.115. The number of hydrogen-bond acceptors (Lipinski definition) is 3. The number of hydrogen-bond donors (Lipinski definition) is 2. The summed E-state index contributed by atoms with van der Waals surface area (Å²) >= 11 is 0. The van der Waals surface area contributed by atoms with Crippen LogP contribution in [0, 0.1) is 5.92 Å². The van der Waals surface area contributed by atoms with Gasteiger partial charge in [0.2, 0.25) is 5.91 Å². The van der Waals surface area contributed by atoms with E-state index in [1.807, 2.05) is 18.2 Å². The third-order valence-corrected chi connectivity index (χ3v) is 2.94. The van der Waals surface area contributed by atoms with E-state index in [2.05, 4.69) is 31.4 Å². The summed E-state index contributed by atoms with van der Waals surface area (Å²) in [6, 6.07) is 7.64. The molecule has 4 heteroatoms. The van der Waals surface area contributed by atoms with E-state index in [-0.39, 0.29) is 5.91 Å². The second kappa shape index (κ2) is 7.01. The van der Waals surface area contributed by atoms with Gasteiger partial charge in [0, 0.05) is 17.8 Å². The Bertz CT molecular complexity index is 391. The summed E-state index contributed by atoms with van der Waals surface area (Å²) in [5.74, 6) is 1.20. The minimum atomic E-state index is -0.0456. The van der Waals surface area contributed by atoms with Crippen molar-refractivity contribution in [1.82, 2.24) is 5.32 Å². The minimum absolute atomic E-state index is 0.0456. The van der Waals surface area contributed by atoms with Crippen LogP contribution in [-0.2, 0) is 4.79 Å². The van der Waals surface area contributed by atoms with E-state index in [0.717, 1.165) is 11.4 Å². The van der Waals surface area contributed by atoms with Crippen molar-refractivity contribution >= 4 is 11.6 Å². The molecule has 1 unspecified atom stereocenters. The Labute approximate surface area is 109 Å². The van der Waals surface area contributed by atoms with Crippen LogP contribution in [0.5, 0.6) is 5.75 Å². The molecule has 0 aliphatic heterocycles. The Balaban J connectivity index is 2.44. The van der Waals surface area contributed by atoms with Crippen molar-refractivity contribution in [2.24, 2.45) is 5.92 Å². The first-order valence-corrected chi connectivity index (χ1v) is 6.20. The number of carbonyl (C=O) groups is 1. The molecule has 4 nitrogen and oxygen atoms in total. The smallest absolute Gasteiger partial charge is 0.238 e. The molecule has 2 N–H and O–H groups in total. The molecule has 0 saturated heterocycles. The molecule has 1 rings (SSSR count). The SMILES string of the molecule is COc1cccc(NC(=O)CNC(C)C(C)C)c1. The van der Waals surface area contributed by atoms with Gasteiger partial charge in [-0.25, -0.2) is 0 Å². The van der Waals surface area contributed by atoms with Crippen molar-refractivity contribution in [1.29, 1.82) is 0 Å². The van der Waals surface area contributed by atoms with Gasteiger partial charge >= 0.3 is 0 Å². The van der Waals surface area contributed by atoms with Crippen molar-refractivity contribution in [3.05, 3.63) is 24.3 Å². The Morgan fingerprint density at radius 3 is 2.67 bits per heavy atom. The van der Waals surface area contributed by atoms with E-state index in [1.165, 1.54) is 0 Å². The van der Waals surface area contributed by atoms with Gasteiger partial charge in [0.15, 0.2) is 0 Å². The number of nitrogens with one attached hydrogen (secondary N) is 2. The fourth-order valence-electron chi connectivity index (χ4n) is 1.40. The van der Waals surface area contributed by atoms with Gasteiger partial charge < -0.3 is 15.4 Å². The fourth-order valence-corrected chi connectivity index (χ4v) is 1.40. The van der Waals surface area contributed by atoms with Gasteiger partial charge in [0.25, 0.3) is 0 Å². The highest BCUT2D eigenvalue weighted by atomic mass is 16.5. The summed E-state index contributed by atoms with van der Waals surface area (Å²) < 4.78 is 5.10. The Hall–Kier alpha value is -1.55. The number of benzene rings is 1. The van der Waals surface area contributed by atoms with Crippen LogP contribution in [-0.4, -0.2) is 25.6 Å². The molecule has 0 aromatic heterocycles. The zero-order chi connectivity index (χ0) is 13.5. The fraction of sp³-hybridized carbons (Fsp3) is 0.500. The lowest BCUT2D eigenvalue weighted by Gasteiger charge is -2.17. The largest absolute Gasteiger partial charge is 0.497 e. The highest BCUT2D eigenvalue weighted by Crippen LogP contribution is 2.16. The molecule has 0 spiro atoms.